The zero-order valence-corrected chi connectivity index (χ0v) is 13.4. The summed E-state index contributed by atoms with van der Waals surface area (Å²) >= 11 is 0. The second-order valence-corrected chi connectivity index (χ2v) is 6.53. The number of amides is 1. The zero-order chi connectivity index (χ0) is 15.5. The molecule has 0 radical (unpaired) electrons. The summed E-state index contributed by atoms with van der Waals surface area (Å²) in [6.45, 7) is 4.64. The molecule has 0 spiro atoms. The van der Waals surface area contributed by atoms with Crippen LogP contribution in [0.25, 0.3) is 0 Å². The van der Waals surface area contributed by atoms with Crippen molar-refractivity contribution in [3.8, 4) is 0 Å². The third kappa shape index (κ3) is 4.39. The molecule has 1 aliphatic carbocycles. The van der Waals surface area contributed by atoms with E-state index in [1.807, 2.05) is 6.92 Å². The van der Waals surface area contributed by atoms with Crippen molar-refractivity contribution in [2.75, 3.05) is 33.9 Å². The van der Waals surface area contributed by atoms with Gasteiger partial charge in [0, 0.05) is 33.4 Å². The van der Waals surface area contributed by atoms with Gasteiger partial charge < -0.3 is 20.5 Å². The molecule has 6 nitrogen and oxygen atoms in total. The molecule has 0 aromatic heterocycles. The number of rotatable bonds is 9. The third-order valence-electron chi connectivity index (χ3n) is 4.69. The maximum atomic E-state index is 11.7. The minimum Gasteiger partial charge on any atom is -0.377 e. The Balaban J connectivity index is 1.76. The van der Waals surface area contributed by atoms with Crippen LogP contribution in [0.15, 0.2) is 0 Å². The lowest BCUT2D eigenvalue weighted by molar-refractivity contribution is -0.124. The summed E-state index contributed by atoms with van der Waals surface area (Å²) in [6.07, 6.45) is 4.29. The topological polar surface area (TPSA) is 76.8 Å². The van der Waals surface area contributed by atoms with Crippen LogP contribution in [0.4, 0.5) is 0 Å². The standard InChI is InChI=1S/C15H29N3O3/c1-15(14(16)19,17-11-5-6-11)7-4-8-18-9-12(20-2)13(10-18)21-3/h11-13,17H,4-10H2,1-3H3,(H2,16,19). The smallest absolute Gasteiger partial charge is 0.237 e. The Bertz CT molecular complexity index is 350. The molecule has 1 heterocycles. The highest BCUT2D eigenvalue weighted by atomic mass is 16.5. The van der Waals surface area contributed by atoms with Crippen LogP contribution in [0.5, 0.6) is 0 Å². The van der Waals surface area contributed by atoms with Crippen molar-refractivity contribution in [2.45, 2.75) is 56.4 Å². The van der Waals surface area contributed by atoms with Crippen LogP contribution < -0.4 is 11.1 Å². The first kappa shape index (κ1) is 16.7. The number of carbonyl (C=O) groups excluding carboxylic acids is 1. The summed E-state index contributed by atoms with van der Waals surface area (Å²) in [5.41, 5.74) is 4.99. The van der Waals surface area contributed by atoms with Crippen LogP contribution in [0, 0.1) is 0 Å². The molecule has 122 valence electrons. The number of nitrogens with zero attached hydrogens (tertiary/aromatic N) is 1. The average Bonchev–Trinajstić information content (AvgIpc) is 3.16. The lowest BCUT2D eigenvalue weighted by atomic mass is 9.94. The van der Waals surface area contributed by atoms with Crippen LogP contribution >= 0.6 is 0 Å². The Kier molecular flexibility index (Phi) is 5.60. The van der Waals surface area contributed by atoms with Crippen molar-refractivity contribution >= 4 is 5.91 Å². The van der Waals surface area contributed by atoms with Crippen molar-refractivity contribution in [3.05, 3.63) is 0 Å². The van der Waals surface area contributed by atoms with E-state index in [0.717, 1.165) is 45.3 Å². The van der Waals surface area contributed by atoms with Crippen molar-refractivity contribution in [3.63, 3.8) is 0 Å². The second-order valence-electron chi connectivity index (χ2n) is 6.53. The first-order valence-corrected chi connectivity index (χ1v) is 7.84. The molecule has 2 aliphatic rings. The summed E-state index contributed by atoms with van der Waals surface area (Å²) in [4.78, 5) is 14.0. The molecule has 2 fully saturated rings. The molecular formula is C15H29N3O3. The van der Waals surface area contributed by atoms with E-state index in [1.54, 1.807) is 14.2 Å². The molecule has 21 heavy (non-hydrogen) atoms. The van der Waals surface area contributed by atoms with E-state index in [9.17, 15) is 4.79 Å². The first-order valence-electron chi connectivity index (χ1n) is 7.84. The molecule has 3 unspecified atom stereocenters. The number of nitrogens with one attached hydrogen (secondary N) is 1. The average molecular weight is 299 g/mol. The number of primary amides is 1. The van der Waals surface area contributed by atoms with Crippen molar-refractivity contribution < 1.29 is 14.3 Å². The normalized spacial score (nSPS) is 29.5. The van der Waals surface area contributed by atoms with Crippen LogP contribution in [0.3, 0.4) is 0 Å². The van der Waals surface area contributed by atoms with E-state index >= 15 is 0 Å². The fraction of sp³-hybridized carbons (Fsp3) is 0.933. The van der Waals surface area contributed by atoms with Gasteiger partial charge in [0.1, 0.15) is 0 Å². The van der Waals surface area contributed by atoms with E-state index in [1.165, 1.54) is 0 Å². The molecule has 1 aliphatic heterocycles. The molecule has 0 bridgehead atoms. The van der Waals surface area contributed by atoms with Crippen LogP contribution in [-0.2, 0) is 14.3 Å². The summed E-state index contributed by atoms with van der Waals surface area (Å²) in [5.74, 6) is -0.250. The van der Waals surface area contributed by atoms with Crippen molar-refractivity contribution in [1.82, 2.24) is 10.2 Å². The van der Waals surface area contributed by atoms with Gasteiger partial charge in [-0.1, -0.05) is 0 Å². The molecule has 2 rings (SSSR count). The number of carbonyl (C=O) groups is 1. The number of ether oxygens (including phenoxy) is 2. The monoisotopic (exact) mass is 299 g/mol. The van der Waals surface area contributed by atoms with Crippen LogP contribution in [0.2, 0.25) is 0 Å². The molecule has 1 saturated heterocycles. The van der Waals surface area contributed by atoms with Gasteiger partial charge in [0.25, 0.3) is 0 Å². The number of hydrogen-bond acceptors (Lipinski definition) is 5. The highest BCUT2D eigenvalue weighted by Crippen LogP contribution is 2.25. The van der Waals surface area contributed by atoms with E-state index in [0.29, 0.717) is 6.04 Å². The molecule has 1 amide bonds. The predicted octanol–water partition coefficient (Wildman–Crippen LogP) is 0.108. The summed E-state index contributed by atoms with van der Waals surface area (Å²) in [7, 11) is 3.45. The molecule has 0 aromatic carbocycles. The quantitative estimate of drug-likeness (QED) is 0.632. The largest absolute Gasteiger partial charge is 0.377 e. The van der Waals surface area contributed by atoms with Gasteiger partial charge in [0.2, 0.25) is 5.91 Å². The maximum Gasteiger partial charge on any atom is 0.237 e. The van der Waals surface area contributed by atoms with Gasteiger partial charge in [0.15, 0.2) is 0 Å². The Labute approximate surface area is 127 Å². The van der Waals surface area contributed by atoms with Crippen molar-refractivity contribution in [1.29, 1.82) is 0 Å². The number of hydrogen-bond donors (Lipinski definition) is 2. The highest BCUT2D eigenvalue weighted by Gasteiger charge is 2.37. The molecule has 3 atom stereocenters. The van der Waals surface area contributed by atoms with E-state index < -0.39 is 5.54 Å². The number of nitrogens with two attached hydrogens (primary N) is 1. The summed E-state index contributed by atoms with van der Waals surface area (Å²) in [5, 5.41) is 3.39. The van der Waals surface area contributed by atoms with Gasteiger partial charge >= 0.3 is 0 Å². The second kappa shape index (κ2) is 7.05. The third-order valence-corrected chi connectivity index (χ3v) is 4.69. The minimum atomic E-state index is -0.581. The van der Waals surface area contributed by atoms with Gasteiger partial charge in [-0.2, -0.15) is 0 Å². The van der Waals surface area contributed by atoms with Gasteiger partial charge in [-0.05, 0) is 39.2 Å². The summed E-state index contributed by atoms with van der Waals surface area (Å²) in [6, 6.07) is 0.477. The van der Waals surface area contributed by atoms with Crippen LogP contribution in [0.1, 0.15) is 32.6 Å². The van der Waals surface area contributed by atoms with Gasteiger partial charge in [-0.15, -0.1) is 0 Å². The van der Waals surface area contributed by atoms with Gasteiger partial charge in [-0.25, -0.2) is 0 Å². The van der Waals surface area contributed by atoms with Crippen LogP contribution in [-0.4, -0.2) is 68.4 Å². The van der Waals surface area contributed by atoms with E-state index in [2.05, 4.69) is 10.2 Å². The fourth-order valence-electron chi connectivity index (χ4n) is 3.05. The zero-order valence-electron chi connectivity index (χ0n) is 13.4. The number of methoxy groups -OCH3 is 2. The molecule has 0 aromatic rings. The van der Waals surface area contributed by atoms with E-state index in [4.69, 9.17) is 15.2 Å². The van der Waals surface area contributed by atoms with E-state index in [-0.39, 0.29) is 18.1 Å². The molecular weight excluding hydrogens is 270 g/mol. The highest BCUT2D eigenvalue weighted by molar-refractivity contribution is 5.84. The summed E-state index contributed by atoms with van der Waals surface area (Å²) < 4.78 is 10.9. The Morgan fingerprint density at radius 3 is 2.29 bits per heavy atom. The molecule has 1 saturated carbocycles. The lowest BCUT2D eigenvalue weighted by Gasteiger charge is -2.28. The SMILES string of the molecule is COC1CN(CCCC(C)(NC2CC2)C(N)=O)CC1OC. The molecule has 3 N–H and O–H groups in total. The minimum absolute atomic E-state index is 0.141. The predicted molar refractivity (Wildman–Crippen MR) is 81.0 cm³/mol. The first-order chi connectivity index (χ1) is 9.98. The Hall–Kier alpha value is -0.690. The van der Waals surface area contributed by atoms with Gasteiger partial charge in [-0.3, -0.25) is 9.69 Å². The van der Waals surface area contributed by atoms with Gasteiger partial charge in [0.05, 0.1) is 17.7 Å². The molecule has 6 heteroatoms. The fourth-order valence-corrected chi connectivity index (χ4v) is 3.05. The lowest BCUT2D eigenvalue weighted by Crippen LogP contribution is -2.54. The van der Waals surface area contributed by atoms with Crippen molar-refractivity contribution in [2.24, 2.45) is 5.73 Å². The Morgan fingerprint density at radius 2 is 1.86 bits per heavy atom. The number of likely N-dealkylation sites (tertiary alicyclic amines) is 1. The Morgan fingerprint density at radius 1 is 1.29 bits per heavy atom. The maximum absolute atomic E-state index is 11.7.